The zero-order valence-electron chi connectivity index (χ0n) is 55.7. The van der Waals surface area contributed by atoms with E-state index in [1.165, 1.54) is 18.2 Å². The largest absolute Gasteiger partial charge is 0.489 e. The maximum absolute atomic E-state index is 12.5. The summed E-state index contributed by atoms with van der Waals surface area (Å²) in [4.78, 5) is 23.9. The smallest absolute Gasteiger partial charge is 0.407 e. The molecule has 0 fully saturated rings. The average Bonchev–Trinajstić information content (AvgIpc) is 1.20. The molecule has 0 saturated heterocycles. The van der Waals surface area contributed by atoms with Crippen LogP contribution in [0.3, 0.4) is 0 Å². The minimum Gasteiger partial charge on any atom is -0.489 e. The summed E-state index contributed by atoms with van der Waals surface area (Å²) < 4.78 is 118. The Morgan fingerprint density at radius 1 is 0.376 bits per heavy atom. The summed E-state index contributed by atoms with van der Waals surface area (Å²) >= 11 is 0. The SMILES string of the molecule is Cc1cc(C)cc(COc2cc(COc3ccc([N+](=O)[O-])c(COC(=O)NCCOCCOCCOCCOCCOCCOCCOCCOCCOCCOCCOCCOCCOCCOCCOCCP(C)(C)=O)c3)cc(OCc3cc(C)cc(C)c3)c2)c1. The highest BCUT2D eigenvalue weighted by molar-refractivity contribution is 7.62. The Labute approximate surface area is 549 Å². The predicted octanol–water partition coefficient (Wildman–Crippen LogP) is 8.66. The van der Waals surface area contributed by atoms with Gasteiger partial charge in [-0.3, -0.25) is 10.1 Å². The second kappa shape index (κ2) is 51.9. The Morgan fingerprint density at radius 2 is 0.667 bits per heavy atom. The zero-order chi connectivity index (χ0) is 66.7. The van der Waals surface area contributed by atoms with Crippen molar-refractivity contribution < 1.29 is 104 Å². The number of benzene rings is 4. The molecule has 0 unspecified atom stereocenters. The van der Waals surface area contributed by atoms with Crippen LogP contribution in [0.5, 0.6) is 17.2 Å². The van der Waals surface area contributed by atoms with E-state index < -0.39 is 18.2 Å². The third-order valence-electron chi connectivity index (χ3n) is 12.8. The summed E-state index contributed by atoms with van der Waals surface area (Å²) in [5.41, 5.74) is 7.39. The van der Waals surface area contributed by atoms with Crippen molar-refractivity contribution >= 4 is 18.9 Å². The van der Waals surface area contributed by atoms with Crippen LogP contribution >= 0.6 is 7.14 Å². The van der Waals surface area contributed by atoms with Crippen LogP contribution in [0.15, 0.2) is 72.8 Å². The molecule has 0 radical (unpaired) electrons. The van der Waals surface area contributed by atoms with Crippen molar-refractivity contribution in [2.24, 2.45) is 0 Å². The molecular formula is C67H103N2O23P. The molecule has 0 aliphatic heterocycles. The summed E-state index contributed by atoms with van der Waals surface area (Å²) in [5.74, 6) is 1.54. The lowest BCUT2D eigenvalue weighted by Gasteiger charge is -2.15. The number of amides is 1. The fourth-order valence-electron chi connectivity index (χ4n) is 8.52. The van der Waals surface area contributed by atoms with Crippen LogP contribution in [0.25, 0.3) is 0 Å². The van der Waals surface area contributed by atoms with Crippen molar-refractivity contribution in [3.63, 3.8) is 0 Å². The molecule has 1 amide bonds. The minimum absolute atomic E-state index is 0.0993. The third kappa shape index (κ3) is 43.3. The normalized spacial score (nSPS) is 11.5. The molecule has 0 bridgehead atoms. The lowest BCUT2D eigenvalue weighted by Crippen LogP contribution is -2.28. The summed E-state index contributed by atoms with van der Waals surface area (Å²) in [5, 5.41) is 14.5. The molecule has 93 heavy (non-hydrogen) atoms. The lowest BCUT2D eigenvalue weighted by molar-refractivity contribution is -0.385. The van der Waals surface area contributed by atoms with Crippen LogP contribution in [0, 0.1) is 37.8 Å². The van der Waals surface area contributed by atoms with Gasteiger partial charge in [0.1, 0.15) is 43.7 Å². The van der Waals surface area contributed by atoms with Crippen molar-refractivity contribution in [2.75, 3.05) is 224 Å². The number of nitrogens with one attached hydrogen (secondary N) is 1. The van der Waals surface area contributed by atoms with Crippen LogP contribution in [0.2, 0.25) is 0 Å². The Balaban J connectivity index is 0.871. The van der Waals surface area contributed by atoms with E-state index in [4.69, 9.17) is 90.0 Å². The first-order valence-corrected chi connectivity index (χ1v) is 34.6. The third-order valence-corrected chi connectivity index (χ3v) is 14.1. The Hall–Kier alpha value is -5.42. The van der Waals surface area contributed by atoms with E-state index in [0.717, 1.165) is 38.9 Å². The van der Waals surface area contributed by atoms with Crippen LogP contribution in [0.1, 0.15) is 44.5 Å². The number of rotatable bonds is 60. The van der Waals surface area contributed by atoms with E-state index in [0.29, 0.717) is 228 Å². The summed E-state index contributed by atoms with van der Waals surface area (Å²) in [6.07, 6.45) is -0.170. The van der Waals surface area contributed by atoms with Gasteiger partial charge in [0.25, 0.3) is 5.69 Å². The van der Waals surface area contributed by atoms with Gasteiger partial charge in [0, 0.05) is 24.8 Å². The number of nitro groups is 1. The van der Waals surface area contributed by atoms with Gasteiger partial charge in [-0.1, -0.05) is 58.7 Å². The van der Waals surface area contributed by atoms with Gasteiger partial charge in [-0.2, -0.15) is 0 Å². The van der Waals surface area contributed by atoms with Crippen molar-refractivity contribution in [2.45, 2.75) is 54.1 Å². The quantitative estimate of drug-likeness (QED) is 0.0187. The Morgan fingerprint density at radius 3 is 0.978 bits per heavy atom. The second-order valence-corrected chi connectivity index (χ2v) is 25.3. The molecule has 0 aliphatic carbocycles. The van der Waals surface area contributed by atoms with Gasteiger partial charge >= 0.3 is 6.09 Å². The molecule has 4 aromatic rings. The molecule has 25 nitrogen and oxygen atoms in total. The maximum atomic E-state index is 12.5. The van der Waals surface area contributed by atoms with Gasteiger partial charge in [0.15, 0.2) is 0 Å². The van der Waals surface area contributed by atoms with Crippen molar-refractivity contribution in [3.05, 3.63) is 127 Å². The van der Waals surface area contributed by atoms with E-state index in [-0.39, 0.29) is 37.6 Å². The van der Waals surface area contributed by atoms with Gasteiger partial charge in [-0.15, -0.1) is 0 Å². The number of hydrogen-bond donors (Lipinski definition) is 1. The van der Waals surface area contributed by atoms with E-state index in [1.54, 1.807) is 13.3 Å². The first-order valence-electron chi connectivity index (χ1n) is 31.8. The number of hydrogen-bond acceptors (Lipinski definition) is 23. The molecule has 26 heteroatoms. The first kappa shape index (κ1) is 80.0. The number of nitro benzene ring substituents is 1. The fourth-order valence-corrected chi connectivity index (χ4v) is 9.08. The second-order valence-electron chi connectivity index (χ2n) is 21.7. The standard InChI is InChI=1S/C67H103N2O23P/c1-55-41-56(2)44-59(43-55)51-90-64-47-61(48-65(50-64)91-52-60-45-57(3)42-58(4)46-60)53-89-63-7-8-66(69(71)72)62(49-63)54-92-67(70)68-9-10-74-11-12-75-13-14-76-15-16-77-17-18-78-19-20-79-21-22-80-23-24-81-25-26-82-27-28-83-29-30-84-31-32-85-33-34-86-35-36-87-37-38-88-39-40-93(5,6)73/h7-8,41-50H,9-40,51-54H2,1-6H3,(H,68,70). The van der Waals surface area contributed by atoms with E-state index in [9.17, 15) is 19.5 Å². The van der Waals surface area contributed by atoms with Crippen molar-refractivity contribution in [1.29, 1.82) is 0 Å². The Kier molecular flexibility index (Phi) is 44.6. The molecule has 0 spiro atoms. The highest BCUT2D eigenvalue weighted by Crippen LogP contribution is 2.35. The first-order chi connectivity index (χ1) is 45.2. The number of ether oxygens (including phenoxy) is 19. The lowest BCUT2D eigenvalue weighted by atomic mass is 10.1. The maximum Gasteiger partial charge on any atom is 0.407 e. The van der Waals surface area contributed by atoms with Gasteiger partial charge in [0.2, 0.25) is 0 Å². The van der Waals surface area contributed by atoms with Crippen LogP contribution in [-0.2, 0) is 107 Å². The summed E-state index contributed by atoms with van der Waals surface area (Å²) in [6.45, 7) is 25.6. The number of carbonyl (C=O) groups is 1. The van der Waals surface area contributed by atoms with E-state index >= 15 is 0 Å². The predicted molar refractivity (Wildman–Crippen MR) is 349 cm³/mol. The number of nitrogens with zero attached hydrogens (tertiary/aromatic N) is 1. The van der Waals surface area contributed by atoms with Crippen molar-refractivity contribution in [3.8, 4) is 17.2 Å². The number of carbonyl (C=O) groups excluding carboxylic acids is 1. The number of alkyl carbamates (subject to hydrolysis) is 1. The molecule has 0 saturated carbocycles. The topological polar surface area (TPSA) is 265 Å². The molecule has 0 aromatic heterocycles. The van der Waals surface area contributed by atoms with E-state index in [2.05, 4.69) is 69.4 Å². The highest BCUT2D eigenvalue weighted by Gasteiger charge is 2.18. The monoisotopic (exact) mass is 1330 g/mol. The van der Waals surface area contributed by atoms with Gasteiger partial charge in [0.05, 0.1) is 216 Å². The van der Waals surface area contributed by atoms with Crippen LogP contribution in [0.4, 0.5) is 10.5 Å². The van der Waals surface area contributed by atoms with Gasteiger partial charge in [-0.05, 0) is 82.0 Å². The van der Waals surface area contributed by atoms with E-state index in [1.807, 2.05) is 18.2 Å². The van der Waals surface area contributed by atoms with Gasteiger partial charge in [-0.25, -0.2) is 4.79 Å². The minimum atomic E-state index is -2.02. The summed E-state index contributed by atoms with van der Waals surface area (Å²) in [6, 6.07) is 22.5. The Bertz CT molecular complexity index is 2530. The fraction of sp³-hybridized carbons (Fsp3) is 0.627. The molecule has 4 aromatic carbocycles. The highest BCUT2D eigenvalue weighted by atomic mass is 31.2. The number of aryl methyl sites for hydroxylation is 4. The summed E-state index contributed by atoms with van der Waals surface area (Å²) in [7, 11) is -2.02. The van der Waals surface area contributed by atoms with Crippen molar-refractivity contribution in [1.82, 2.24) is 5.32 Å². The molecule has 0 aliphatic rings. The molecular weight excluding hydrogens is 1230 g/mol. The van der Waals surface area contributed by atoms with Crippen LogP contribution in [-0.4, -0.2) is 235 Å². The van der Waals surface area contributed by atoms with Crippen LogP contribution < -0.4 is 19.5 Å². The van der Waals surface area contributed by atoms with Gasteiger partial charge < -0.3 is 99.9 Å². The molecule has 4 rings (SSSR count). The molecule has 0 atom stereocenters. The zero-order valence-corrected chi connectivity index (χ0v) is 56.6. The molecule has 0 heterocycles. The molecule has 524 valence electrons. The molecule has 1 N–H and O–H groups in total. The average molecular weight is 1340 g/mol.